The van der Waals surface area contributed by atoms with Crippen LogP contribution in [0.4, 0.5) is 11.4 Å². The highest BCUT2D eigenvalue weighted by Gasteiger charge is 2.20. The van der Waals surface area contributed by atoms with Crippen LogP contribution in [0.2, 0.25) is 0 Å². The first-order chi connectivity index (χ1) is 17.5. The zero-order valence-electron chi connectivity index (χ0n) is 22.4. The Hall–Kier alpha value is -2.86. The van der Waals surface area contributed by atoms with Gasteiger partial charge in [-0.15, -0.1) is 0 Å². The third kappa shape index (κ3) is 8.66. The maximum absolute atomic E-state index is 13.2. The van der Waals surface area contributed by atoms with Gasteiger partial charge in [0.15, 0.2) is 0 Å². The summed E-state index contributed by atoms with van der Waals surface area (Å²) in [4.78, 5) is 30.5. The smallest absolute Gasteiger partial charge is 0.255 e. The van der Waals surface area contributed by atoms with Crippen LogP contribution >= 0.6 is 0 Å². The Labute approximate surface area is 217 Å². The maximum atomic E-state index is 13.2. The monoisotopic (exact) mass is 492 g/mol. The van der Waals surface area contributed by atoms with Crippen molar-refractivity contribution in [1.29, 1.82) is 0 Å². The fraction of sp³-hybridized carbons (Fsp3) is 0.533. The number of anilines is 2. The molecule has 2 N–H and O–H groups in total. The van der Waals surface area contributed by atoms with E-state index < -0.39 is 0 Å². The van der Waals surface area contributed by atoms with E-state index in [0.29, 0.717) is 23.4 Å². The molecule has 0 bridgehead atoms. The lowest BCUT2D eigenvalue weighted by Crippen LogP contribution is -2.33. The van der Waals surface area contributed by atoms with Crippen LogP contribution in [0.3, 0.4) is 0 Å². The summed E-state index contributed by atoms with van der Waals surface area (Å²) < 4.78 is 0. The summed E-state index contributed by atoms with van der Waals surface area (Å²) in [6, 6.07) is 13.6. The molecule has 1 saturated heterocycles. The van der Waals surface area contributed by atoms with Gasteiger partial charge in [-0.25, -0.2) is 0 Å². The molecule has 2 aromatic rings. The van der Waals surface area contributed by atoms with Crippen molar-refractivity contribution in [3.63, 3.8) is 0 Å². The van der Waals surface area contributed by atoms with Gasteiger partial charge in [0.2, 0.25) is 0 Å². The van der Waals surface area contributed by atoms with Crippen LogP contribution in [-0.2, 0) is 6.42 Å². The van der Waals surface area contributed by atoms with Gasteiger partial charge in [0.25, 0.3) is 11.8 Å². The zero-order valence-corrected chi connectivity index (χ0v) is 22.4. The molecule has 0 radical (unpaired) electrons. The molecule has 6 heteroatoms. The van der Waals surface area contributed by atoms with Crippen LogP contribution in [0.25, 0.3) is 0 Å². The van der Waals surface area contributed by atoms with E-state index in [1.807, 2.05) is 56.6 Å². The van der Waals surface area contributed by atoms with E-state index in [1.165, 1.54) is 37.7 Å². The molecule has 0 atom stereocenters. The van der Waals surface area contributed by atoms with Gasteiger partial charge in [-0.1, -0.05) is 38.3 Å². The molecule has 3 rings (SSSR count). The van der Waals surface area contributed by atoms with Crippen molar-refractivity contribution in [3.05, 3.63) is 59.2 Å². The van der Waals surface area contributed by atoms with Gasteiger partial charge in [-0.2, -0.15) is 0 Å². The molecule has 0 unspecified atom stereocenters. The topological polar surface area (TPSA) is 64.7 Å². The molecule has 0 spiro atoms. The molecule has 1 aliphatic heterocycles. The van der Waals surface area contributed by atoms with Crippen LogP contribution in [0.1, 0.15) is 84.6 Å². The minimum absolute atomic E-state index is 0.0853. The molecule has 1 aliphatic rings. The van der Waals surface area contributed by atoms with Crippen molar-refractivity contribution in [2.45, 2.75) is 64.7 Å². The van der Waals surface area contributed by atoms with E-state index in [9.17, 15) is 9.59 Å². The molecule has 0 saturated carbocycles. The molecule has 2 aromatic carbocycles. The van der Waals surface area contributed by atoms with Crippen molar-refractivity contribution in [1.82, 2.24) is 10.2 Å². The largest absolute Gasteiger partial charge is 0.371 e. The second kappa shape index (κ2) is 14.6. The third-order valence-electron chi connectivity index (χ3n) is 6.80. The van der Waals surface area contributed by atoms with Gasteiger partial charge in [0.1, 0.15) is 0 Å². The Morgan fingerprint density at radius 2 is 1.64 bits per heavy atom. The van der Waals surface area contributed by atoms with E-state index in [0.717, 1.165) is 51.0 Å². The average Bonchev–Trinajstić information content (AvgIpc) is 2.89. The van der Waals surface area contributed by atoms with E-state index in [-0.39, 0.29) is 11.8 Å². The Kier molecular flexibility index (Phi) is 11.3. The summed E-state index contributed by atoms with van der Waals surface area (Å²) in [6.45, 7) is 5.68. The Bertz CT molecular complexity index is 965. The summed E-state index contributed by atoms with van der Waals surface area (Å²) in [5.41, 5.74) is 4.11. The Morgan fingerprint density at radius 1 is 0.889 bits per heavy atom. The molecular formula is C30H44N4O2. The Morgan fingerprint density at radius 3 is 2.33 bits per heavy atom. The molecule has 1 fully saturated rings. The Balaban J connectivity index is 1.68. The minimum Gasteiger partial charge on any atom is -0.371 e. The highest BCUT2D eigenvalue weighted by atomic mass is 16.2. The average molecular weight is 493 g/mol. The van der Waals surface area contributed by atoms with Gasteiger partial charge in [0, 0.05) is 36.6 Å². The van der Waals surface area contributed by atoms with E-state index in [4.69, 9.17) is 0 Å². The molecule has 36 heavy (non-hydrogen) atoms. The van der Waals surface area contributed by atoms with Crippen LogP contribution in [-0.4, -0.2) is 57.0 Å². The van der Waals surface area contributed by atoms with Crippen molar-refractivity contribution < 1.29 is 9.59 Å². The number of rotatable bonds is 13. The maximum Gasteiger partial charge on any atom is 0.255 e. The molecule has 196 valence electrons. The van der Waals surface area contributed by atoms with E-state index >= 15 is 0 Å². The van der Waals surface area contributed by atoms with Gasteiger partial charge >= 0.3 is 0 Å². The second-order valence-electron chi connectivity index (χ2n) is 10.2. The number of carbonyl (C=O) groups excluding carboxylic acids is 2. The van der Waals surface area contributed by atoms with Gasteiger partial charge in [0.05, 0.1) is 5.56 Å². The molecule has 6 nitrogen and oxygen atoms in total. The molecule has 2 amide bonds. The molecule has 1 heterocycles. The van der Waals surface area contributed by atoms with Crippen molar-refractivity contribution >= 4 is 23.2 Å². The molecule has 0 aromatic heterocycles. The summed E-state index contributed by atoms with van der Waals surface area (Å²) in [5, 5.41) is 6.07. The summed E-state index contributed by atoms with van der Waals surface area (Å²) in [5.74, 6) is -0.242. The van der Waals surface area contributed by atoms with Gasteiger partial charge in [-0.3, -0.25) is 9.59 Å². The van der Waals surface area contributed by atoms with Gasteiger partial charge < -0.3 is 20.4 Å². The SMILES string of the molecule is CCCCCCc1ccc(C(=O)Nc2ccc(N3CCCCC3)c(C(=O)NCCCN(C)C)c2)cc1. The predicted octanol–water partition coefficient (Wildman–Crippen LogP) is 5.73. The first-order valence-corrected chi connectivity index (χ1v) is 13.7. The highest BCUT2D eigenvalue weighted by molar-refractivity contribution is 6.06. The first kappa shape index (κ1) is 27.7. The predicted molar refractivity (Wildman–Crippen MR) is 150 cm³/mol. The minimum atomic E-state index is -0.157. The van der Waals surface area contributed by atoms with Crippen molar-refractivity contribution in [2.75, 3.05) is 50.5 Å². The van der Waals surface area contributed by atoms with Crippen molar-refractivity contribution in [2.24, 2.45) is 0 Å². The highest BCUT2D eigenvalue weighted by Crippen LogP contribution is 2.27. The number of piperidine rings is 1. The number of hydrogen-bond acceptors (Lipinski definition) is 4. The lowest BCUT2D eigenvalue weighted by Gasteiger charge is -2.30. The number of benzene rings is 2. The van der Waals surface area contributed by atoms with Crippen molar-refractivity contribution in [3.8, 4) is 0 Å². The van der Waals surface area contributed by atoms with E-state index in [2.05, 4.69) is 27.4 Å². The standard InChI is InChI=1S/C30H44N4O2/c1-4-5-6-8-12-24-13-15-25(16-14-24)29(35)32-26-17-18-28(34-21-9-7-10-22-34)27(23-26)30(36)31-19-11-20-33(2)3/h13-18,23H,4-12,19-22H2,1-3H3,(H,31,36)(H,32,35). The number of carbonyl (C=O) groups is 2. The number of unbranched alkanes of at least 4 members (excludes halogenated alkanes) is 3. The fourth-order valence-corrected chi connectivity index (χ4v) is 4.68. The normalized spacial score (nSPS) is 13.6. The number of hydrogen-bond donors (Lipinski definition) is 2. The third-order valence-corrected chi connectivity index (χ3v) is 6.80. The van der Waals surface area contributed by atoms with Crippen LogP contribution < -0.4 is 15.5 Å². The first-order valence-electron chi connectivity index (χ1n) is 13.7. The number of amides is 2. The second-order valence-corrected chi connectivity index (χ2v) is 10.2. The summed E-state index contributed by atoms with van der Waals surface area (Å²) in [7, 11) is 4.06. The van der Waals surface area contributed by atoms with Crippen LogP contribution in [0.15, 0.2) is 42.5 Å². The molecule has 0 aliphatic carbocycles. The zero-order chi connectivity index (χ0) is 25.8. The molecular weight excluding hydrogens is 448 g/mol. The summed E-state index contributed by atoms with van der Waals surface area (Å²) in [6.07, 6.45) is 10.4. The quantitative estimate of drug-likeness (QED) is 0.350. The number of aryl methyl sites for hydroxylation is 1. The summed E-state index contributed by atoms with van der Waals surface area (Å²) >= 11 is 0. The lowest BCUT2D eigenvalue weighted by molar-refractivity contribution is 0.0951. The number of nitrogens with one attached hydrogen (secondary N) is 2. The van der Waals surface area contributed by atoms with Gasteiger partial charge in [-0.05, 0) is 95.1 Å². The van der Waals surface area contributed by atoms with Crippen LogP contribution in [0.5, 0.6) is 0 Å². The number of nitrogens with zero attached hydrogens (tertiary/aromatic N) is 2. The fourth-order valence-electron chi connectivity index (χ4n) is 4.68. The van der Waals surface area contributed by atoms with E-state index in [1.54, 1.807) is 0 Å². The van der Waals surface area contributed by atoms with Crippen LogP contribution in [0, 0.1) is 0 Å². The lowest BCUT2D eigenvalue weighted by atomic mass is 10.0.